The highest BCUT2D eigenvalue weighted by atomic mass is 32.1. The van der Waals surface area contributed by atoms with E-state index in [2.05, 4.69) is 91.8 Å². The zero-order chi connectivity index (χ0) is 22.8. The Morgan fingerprint density at radius 3 is 0.839 bits per heavy atom. The molecule has 0 aromatic carbocycles. The van der Waals surface area contributed by atoms with Crippen LogP contribution in [0.1, 0.15) is 120 Å². The highest BCUT2D eigenvalue weighted by molar-refractivity contribution is 7.59. The van der Waals surface area contributed by atoms with Crippen LogP contribution in [0.4, 0.5) is 0 Å². The Kier molecular flexibility index (Phi) is 21.3. The van der Waals surface area contributed by atoms with Crippen molar-refractivity contribution in [1.29, 1.82) is 0 Å². The SMILES string of the molecule is CC(C)=CCC/C(C)=C/CC/C(C)=C/CC/C=C(\C)CC/C=C(\C)CCC=C(C)C.S. The molecule has 0 bridgehead atoms. The molecule has 0 aromatic heterocycles. The summed E-state index contributed by atoms with van der Waals surface area (Å²) < 4.78 is 0. The van der Waals surface area contributed by atoms with E-state index in [1.165, 1.54) is 97.6 Å². The molecule has 0 saturated heterocycles. The van der Waals surface area contributed by atoms with Gasteiger partial charge in [-0.3, -0.25) is 0 Å². The van der Waals surface area contributed by atoms with Crippen LogP contribution in [-0.2, 0) is 0 Å². The number of hydrogen-bond donors (Lipinski definition) is 0. The Morgan fingerprint density at radius 1 is 0.355 bits per heavy atom. The normalized spacial score (nSPS) is 13.0. The van der Waals surface area contributed by atoms with E-state index in [9.17, 15) is 0 Å². The lowest BCUT2D eigenvalue weighted by atomic mass is 10.0. The molecule has 0 spiro atoms. The van der Waals surface area contributed by atoms with Crippen LogP contribution in [0.5, 0.6) is 0 Å². The predicted octanol–water partition coefficient (Wildman–Crippen LogP) is 10.7. The van der Waals surface area contributed by atoms with Crippen LogP contribution in [0.2, 0.25) is 0 Å². The summed E-state index contributed by atoms with van der Waals surface area (Å²) in [5, 5.41) is 0. The fourth-order valence-electron chi connectivity index (χ4n) is 3.34. The third kappa shape index (κ3) is 23.3. The lowest BCUT2D eigenvalue weighted by Gasteiger charge is -2.02. The maximum absolute atomic E-state index is 2.43. The molecule has 0 nitrogen and oxygen atoms in total. The summed E-state index contributed by atoms with van der Waals surface area (Å²) in [5.41, 5.74) is 8.97. The fourth-order valence-corrected chi connectivity index (χ4v) is 3.34. The quantitative estimate of drug-likeness (QED) is 0.174. The van der Waals surface area contributed by atoms with Gasteiger partial charge in [0.1, 0.15) is 0 Å². The Hall–Kier alpha value is -1.21. The number of rotatable bonds is 15. The monoisotopic (exact) mass is 444 g/mol. The molecule has 0 amide bonds. The van der Waals surface area contributed by atoms with Gasteiger partial charge in [0.2, 0.25) is 0 Å². The molecule has 0 heterocycles. The fraction of sp³-hybridized carbons (Fsp3) is 0.600. The first-order valence-corrected chi connectivity index (χ1v) is 12.1. The minimum atomic E-state index is 0. The molecule has 1 heteroatoms. The van der Waals surface area contributed by atoms with Crippen molar-refractivity contribution in [2.45, 2.75) is 120 Å². The topological polar surface area (TPSA) is 0 Å². The molecule has 0 saturated carbocycles. The molecular formula is C30H52S. The summed E-state index contributed by atoms with van der Waals surface area (Å²) in [6.07, 6.45) is 26.2. The molecule has 0 aliphatic rings. The summed E-state index contributed by atoms with van der Waals surface area (Å²) in [6, 6.07) is 0. The first-order chi connectivity index (χ1) is 14.2. The van der Waals surface area contributed by atoms with E-state index in [1.54, 1.807) is 0 Å². The van der Waals surface area contributed by atoms with Gasteiger partial charge >= 0.3 is 0 Å². The van der Waals surface area contributed by atoms with Crippen LogP contribution >= 0.6 is 13.5 Å². The zero-order valence-corrected chi connectivity index (χ0v) is 23.0. The molecule has 0 N–H and O–H groups in total. The average molecular weight is 445 g/mol. The molecule has 0 aliphatic carbocycles. The van der Waals surface area contributed by atoms with E-state index < -0.39 is 0 Å². The van der Waals surface area contributed by atoms with E-state index in [0.717, 1.165) is 0 Å². The minimum absolute atomic E-state index is 0. The second-order valence-corrected chi connectivity index (χ2v) is 9.50. The van der Waals surface area contributed by atoms with Crippen molar-refractivity contribution in [2.24, 2.45) is 0 Å². The second-order valence-electron chi connectivity index (χ2n) is 9.50. The van der Waals surface area contributed by atoms with Gasteiger partial charge in [-0.15, -0.1) is 0 Å². The molecule has 0 rings (SSSR count). The van der Waals surface area contributed by atoms with Crippen molar-refractivity contribution in [3.8, 4) is 0 Å². The molecule has 178 valence electrons. The third-order valence-corrected chi connectivity index (χ3v) is 5.40. The van der Waals surface area contributed by atoms with Gasteiger partial charge in [0.05, 0.1) is 0 Å². The lowest BCUT2D eigenvalue weighted by Crippen LogP contribution is -1.82. The molecule has 0 radical (unpaired) electrons. The van der Waals surface area contributed by atoms with E-state index in [4.69, 9.17) is 0 Å². The lowest BCUT2D eigenvalue weighted by molar-refractivity contribution is 0.896. The summed E-state index contributed by atoms with van der Waals surface area (Å²) in [7, 11) is 0. The van der Waals surface area contributed by atoms with Crippen molar-refractivity contribution in [2.75, 3.05) is 0 Å². The molecule has 0 unspecified atom stereocenters. The molecule has 31 heavy (non-hydrogen) atoms. The Labute approximate surface area is 202 Å². The van der Waals surface area contributed by atoms with Crippen LogP contribution in [-0.4, -0.2) is 0 Å². The smallest absolute Gasteiger partial charge is 0.0288 e. The standard InChI is InChI=1S/C30H50.H2S/c1-25(2)15-11-19-29(7)23-13-21-27(5)17-9-10-18-28(6)22-14-24-30(8)20-12-16-26(3)4;/h15-18,23-24H,9-14,19-22H2,1-8H3;1H2/b27-17+,28-18+,29-23+,30-24+;. The first-order valence-electron chi connectivity index (χ1n) is 12.1. The van der Waals surface area contributed by atoms with Gasteiger partial charge in [0, 0.05) is 0 Å². The average Bonchev–Trinajstić information content (AvgIpc) is 2.64. The highest BCUT2D eigenvalue weighted by Crippen LogP contribution is 2.14. The molecule has 0 fully saturated rings. The van der Waals surface area contributed by atoms with Gasteiger partial charge in [-0.1, -0.05) is 69.9 Å². The summed E-state index contributed by atoms with van der Waals surface area (Å²) in [6.45, 7) is 17.8. The van der Waals surface area contributed by atoms with Crippen molar-refractivity contribution in [1.82, 2.24) is 0 Å². The van der Waals surface area contributed by atoms with Crippen molar-refractivity contribution >= 4 is 13.5 Å². The Morgan fingerprint density at radius 2 is 0.581 bits per heavy atom. The van der Waals surface area contributed by atoms with Crippen LogP contribution in [0.3, 0.4) is 0 Å². The maximum atomic E-state index is 2.43. The van der Waals surface area contributed by atoms with Gasteiger partial charge in [0.15, 0.2) is 0 Å². The predicted molar refractivity (Wildman–Crippen MR) is 150 cm³/mol. The first kappa shape index (κ1) is 32.0. The third-order valence-electron chi connectivity index (χ3n) is 5.40. The summed E-state index contributed by atoms with van der Waals surface area (Å²) >= 11 is 0. The summed E-state index contributed by atoms with van der Waals surface area (Å²) in [4.78, 5) is 0. The van der Waals surface area contributed by atoms with Crippen LogP contribution < -0.4 is 0 Å². The summed E-state index contributed by atoms with van der Waals surface area (Å²) in [5.74, 6) is 0. The van der Waals surface area contributed by atoms with Crippen molar-refractivity contribution in [3.63, 3.8) is 0 Å². The molecule has 0 aliphatic heterocycles. The highest BCUT2D eigenvalue weighted by Gasteiger charge is 1.94. The van der Waals surface area contributed by atoms with Gasteiger partial charge < -0.3 is 0 Å². The molecule has 0 atom stereocenters. The Balaban J connectivity index is 0. The van der Waals surface area contributed by atoms with E-state index in [0.29, 0.717) is 0 Å². The number of hydrogen-bond acceptors (Lipinski definition) is 0. The zero-order valence-electron chi connectivity index (χ0n) is 22.0. The maximum Gasteiger partial charge on any atom is -0.0288 e. The molecule has 0 aromatic rings. The van der Waals surface area contributed by atoms with Gasteiger partial charge in [0.25, 0.3) is 0 Å². The van der Waals surface area contributed by atoms with Crippen LogP contribution in [0, 0.1) is 0 Å². The van der Waals surface area contributed by atoms with Crippen molar-refractivity contribution < 1.29 is 0 Å². The number of allylic oxidation sites excluding steroid dienone is 12. The van der Waals surface area contributed by atoms with Crippen LogP contribution in [0.25, 0.3) is 0 Å². The van der Waals surface area contributed by atoms with Gasteiger partial charge in [-0.05, 0) is 120 Å². The minimum Gasteiger partial charge on any atom is -0.197 e. The Bertz CT molecular complexity index is 584. The van der Waals surface area contributed by atoms with E-state index in [1.807, 2.05) is 0 Å². The number of unbranched alkanes of at least 4 members (excludes halogenated alkanes) is 1. The van der Waals surface area contributed by atoms with Gasteiger partial charge in [-0.2, -0.15) is 13.5 Å². The van der Waals surface area contributed by atoms with E-state index >= 15 is 0 Å². The second kappa shape index (κ2) is 20.7. The molecular weight excluding hydrogens is 392 g/mol. The largest absolute Gasteiger partial charge is 0.197 e. The van der Waals surface area contributed by atoms with Crippen molar-refractivity contribution in [3.05, 3.63) is 69.9 Å². The van der Waals surface area contributed by atoms with Gasteiger partial charge in [-0.25, -0.2) is 0 Å². The van der Waals surface area contributed by atoms with Crippen LogP contribution in [0.15, 0.2) is 69.9 Å². The van der Waals surface area contributed by atoms with E-state index in [-0.39, 0.29) is 13.5 Å².